The van der Waals surface area contributed by atoms with Crippen molar-refractivity contribution in [1.82, 2.24) is 5.32 Å². The first-order valence-electron chi connectivity index (χ1n) is 7.28. The number of rotatable bonds is 8. The Morgan fingerprint density at radius 3 is 2.10 bits per heavy atom. The summed E-state index contributed by atoms with van der Waals surface area (Å²) in [5.41, 5.74) is 2.43. The molecule has 0 saturated carbocycles. The molecule has 112 valence electrons. The first-order chi connectivity index (χ1) is 10.3. The van der Waals surface area contributed by atoms with Crippen molar-refractivity contribution < 1.29 is 4.74 Å². The van der Waals surface area contributed by atoms with Crippen LogP contribution in [0.5, 0.6) is 0 Å². The normalized spacial score (nSPS) is 13.8. The van der Waals surface area contributed by atoms with E-state index in [2.05, 4.69) is 36.5 Å². The minimum atomic E-state index is -0.00409. The highest BCUT2D eigenvalue weighted by Gasteiger charge is 2.16. The van der Waals surface area contributed by atoms with Crippen LogP contribution in [0, 0.1) is 0 Å². The van der Waals surface area contributed by atoms with Crippen molar-refractivity contribution in [3.05, 3.63) is 71.8 Å². The largest absolute Gasteiger partial charge is 0.371 e. The van der Waals surface area contributed by atoms with Crippen molar-refractivity contribution in [2.24, 2.45) is 0 Å². The minimum Gasteiger partial charge on any atom is -0.371 e. The van der Waals surface area contributed by atoms with Gasteiger partial charge in [-0.25, -0.2) is 0 Å². The lowest BCUT2D eigenvalue weighted by Crippen LogP contribution is -2.39. The number of hydrogen-bond acceptors (Lipinski definition) is 2. The van der Waals surface area contributed by atoms with Crippen molar-refractivity contribution in [2.75, 3.05) is 5.88 Å². The molecule has 0 aromatic heterocycles. The summed E-state index contributed by atoms with van der Waals surface area (Å²) in [6, 6.07) is 20.7. The maximum atomic E-state index is 6.05. The second-order valence-electron chi connectivity index (χ2n) is 5.14. The van der Waals surface area contributed by atoms with E-state index in [-0.39, 0.29) is 12.1 Å². The molecule has 0 spiro atoms. The lowest BCUT2D eigenvalue weighted by Gasteiger charge is -2.23. The zero-order valence-corrected chi connectivity index (χ0v) is 13.1. The molecule has 2 aromatic carbocycles. The molecule has 2 nitrogen and oxygen atoms in total. The molecule has 0 heterocycles. The average molecular weight is 304 g/mol. The van der Waals surface area contributed by atoms with Crippen molar-refractivity contribution in [1.29, 1.82) is 0 Å². The zero-order chi connectivity index (χ0) is 14.9. The van der Waals surface area contributed by atoms with Crippen molar-refractivity contribution in [2.45, 2.75) is 32.2 Å². The molecule has 0 saturated heterocycles. The Morgan fingerprint density at radius 2 is 1.52 bits per heavy atom. The molecule has 2 aromatic rings. The summed E-state index contributed by atoms with van der Waals surface area (Å²) in [4.78, 5) is 0. The highest BCUT2D eigenvalue weighted by Crippen LogP contribution is 2.09. The Balaban J connectivity index is 1.79. The average Bonchev–Trinajstić information content (AvgIpc) is 2.55. The van der Waals surface area contributed by atoms with Crippen LogP contribution < -0.4 is 5.32 Å². The van der Waals surface area contributed by atoms with Crippen LogP contribution >= 0.6 is 11.6 Å². The fourth-order valence-corrected chi connectivity index (χ4v) is 2.46. The van der Waals surface area contributed by atoms with Gasteiger partial charge in [-0.1, -0.05) is 60.7 Å². The van der Waals surface area contributed by atoms with E-state index in [4.69, 9.17) is 16.3 Å². The minimum absolute atomic E-state index is 0.00409. The maximum absolute atomic E-state index is 6.05. The summed E-state index contributed by atoms with van der Waals surface area (Å²) in [6.07, 6.45) is -0.00409. The number of ether oxygens (including phenoxy) is 1. The van der Waals surface area contributed by atoms with E-state index in [9.17, 15) is 0 Å². The number of hydrogen-bond donors (Lipinski definition) is 1. The summed E-state index contributed by atoms with van der Waals surface area (Å²) in [6.45, 7) is 3.53. The Hall–Kier alpha value is -1.35. The Bertz CT molecular complexity index is 503. The van der Waals surface area contributed by atoms with E-state index in [1.54, 1.807) is 0 Å². The van der Waals surface area contributed by atoms with Crippen LogP contribution in [-0.2, 0) is 17.9 Å². The maximum Gasteiger partial charge on any atom is 0.0864 e. The van der Waals surface area contributed by atoms with Crippen LogP contribution in [0.15, 0.2) is 60.7 Å². The first kappa shape index (κ1) is 16.0. The van der Waals surface area contributed by atoms with E-state index in [1.165, 1.54) is 11.1 Å². The van der Waals surface area contributed by atoms with Crippen LogP contribution in [0.3, 0.4) is 0 Å². The molecule has 21 heavy (non-hydrogen) atoms. The molecule has 3 heteroatoms. The van der Waals surface area contributed by atoms with Gasteiger partial charge in [-0.05, 0) is 18.1 Å². The summed E-state index contributed by atoms with van der Waals surface area (Å²) in [5, 5.41) is 3.48. The number of halogens is 1. The van der Waals surface area contributed by atoms with Crippen LogP contribution in [-0.4, -0.2) is 18.0 Å². The van der Waals surface area contributed by atoms with E-state index < -0.39 is 0 Å². The highest BCUT2D eigenvalue weighted by molar-refractivity contribution is 6.18. The van der Waals surface area contributed by atoms with E-state index >= 15 is 0 Å². The molecule has 0 aliphatic heterocycles. The van der Waals surface area contributed by atoms with Crippen LogP contribution in [0.1, 0.15) is 18.1 Å². The lowest BCUT2D eigenvalue weighted by atomic mass is 10.1. The smallest absolute Gasteiger partial charge is 0.0864 e. The van der Waals surface area contributed by atoms with Gasteiger partial charge in [0.05, 0.1) is 18.6 Å². The second kappa shape index (κ2) is 8.83. The van der Waals surface area contributed by atoms with Gasteiger partial charge in [0, 0.05) is 12.6 Å². The van der Waals surface area contributed by atoms with Crippen molar-refractivity contribution >= 4 is 11.6 Å². The fourth-order valence-electron chi connectivity index (χ4n) is 2.11. The van der Waals surface area contributed by atoms with Gasteiger partial charge in [0.2, 0.25) is 0 Å². The molecule has 0 radical (unpaired) electrons. The summed E-state index contributed by atoms with van der Waals surface area (Å²) >= 11 is 6.05. The van der Waals surface area contributed by atoms with Gasteiger partial charge in [-0.2, -0.15) is 0 Å². The molecule has 0 bridgehead atoms. The van der Waals surface area contributed by atoms with Crippen molar-refractivity contribution in [3.8, 4) is 0 Å². The number of nitrogens with one attached hydrogen (secondary N) is 1. The fraction of sp³-hybridized carbons (Fsp3) is 0.333. The highest BCUT2D eigenvalue weighted by atomic mass is 35.5. The monoisotopic (exact) mass is 303 g/mol. The van der Waals surface area contributed by atoms with Gasteiger partial charge in [0.1, 0.15) is 0 Å². The number of benzene rings is 2. The Morgan fingerprint density at radius 1 is 0.952 bits per heavy atom. The van der Waals surface area contributed by atoms with Crippen LogP contribution in [0.4, 0.5) is 0 Å². The van der Waals surface area contributed by atoms with Gasteiger partial charge in [-0.15, -0.1) is 11.6 Å². The summed E-state index contributed by atoms with van der Waals surface area (Å²) < 4.78 is 5.93. The van der Waals surface area contributed by atoms with E-state index in [0.717, 1.165) is 6.54 Å². The summed E-state index contributed by atoms with van der Waals surface area (Å²) in [5.74, 6) is 0.482. The third-order valence-electron chi connectivity index (χ3n) is 3.49. The van der Waals surface area contributed by atoms with Crippen LogP contribution in [0.2, 0.25) is 0 Å². The van der Waals surface area contributed by atoms with E-state index in [1.807, 2.05) is 36.4 Å². The molecule has 0 aliphatic rings. The molecule has 2 rings (SSSR count). The molecule has 2 atom stereocenters. The SMILES string of the molecule is C[C@H](NCc1ccccc1)[C@H](CCl)OCc1ccccc1. The van der Waals surface area contributed by atoms with E-state index in [0.29, 0.717) is 12.5 Å². The number of alkyl halides is 1. The second-order valence-corrected chi connectivity index (χ2v) is 5.45. The zero-order valence-electron chi connectivity index (χ0n) is 12.3. The molecular formula is C18H22ClNO. The third kappa shape index (κ3) is 5.50. The molecule has 0 unspecified atom stereocenters. The predicted octanol–water partition coefficient (Wildman–Crippen LogP) is 3.99. The lowest BCUT2D eigenvalue weighted by molar-refractivity contribution is 0.0332. The van der Waals surface area contributed by atoms with Gasteiger partial charge in [-0.3, -0.25) is 0 Å². The third-order valence-corrected chi connectivity index (χ3v) is 3.79. The molecule has 0 aliphatic carbocycles. The Labute approximate surface area is 132 Å². The van der Waals surface area contributed by atoms with Gasteiger partial charge < -0.3 is 10.1 Å². The van der Waals surface area contributed by atoms with Gasteiger partial charge in [0.15, 0.2) is 0 Å². The van der Waals surface area contributed by atoms with Crippen molar-refractivity contribution in [3.63, 3.8) is 0 Å². The molecule has 0 fully saturated rings. The standard InChI is InChI=1S/C18H22ClNO/c1-15(20-13-16-8-4-2-5-9-16)18(12-19)21-14-17-10-6-3-7-11-17/h2-11,15,18,20H,12-14H2,1H3/t15-,18-/m0/s1. The molecule has 0 amide bonds. The topological polar surface area (TPSA) is 21.3 Å². The molecule has 1 N–H and O–H groups in total. The van der Waals surface area contributed by atoms with Gasteiger partial charge >= 0.3 is 0 Å². The summed E-state index contributed by atoms with van der Waals surface area (Å²) in [7, 11) is 0. The Kier molecular flexibility index (Phi) is 6.74. The first-order valence-corrected chi connectivity index (χ1v) is 7.82. The molecular weight excluding hydrogens is 282 g/mol. The van der Waals surface area contributed by atoms with Crippen LogP contribution in [0.25, 0.3) is 0 Å². The quantitative estimate of drug-likeness (QED) is 0.745. The van der Waals surface area contributed by atoms with Gasteiger partial charge in [0.25, 0.3) is 0 Å². The predicted molar refractivity (Wildman–Crippen MR) is 88.5 cm³/mol.